The van der Waals surface area contributed by atoms with Gasteiger partial charge in [-0.1, -0.05) is 0 Å². The van der Waals surface area contributed by atoms with Gasteiger partial charge in [0.2, 0.25) is 5.95 Å². The Bertz CT molecular complexity index is 657. The van der Waals surface area contributed by atoms with Crippen molar-refractivity contribution in [3.63, 3.8) is 0 Å². The molecule has 7 heteroatoms. The Morgan fingerprint density at radius 2 is 1.96 bits per heavy atom. The number of aromatic nitrogens is 3. The first-order chi connectivity index (χ1) is 11.2. The van der Waals surface area contributed by atoms with E-state index in [1.807, 2.05) is 18.2 Å². The van der Waals surface area contributed by atoms with Crippen LogP contribution in [0.15, 0.2) is 36.8 Å². The Hall–Kier alpha value is -2.70. The summed E-state index contributed by atoms with van der Waals surface area (Å²) in [4.78, 5) is 25.9. The van der Waals surface area contributed by atoms with Crippen LogP contribution in [0.2, 0.25) is 0 Å². The summed E-state index contributed by atoms with van der Waals surface area (Å²) >= 11 is 0. The maximum Gasteiger partial charge on any atom is 0.306 e. The van der Waals surface area contributed by atoms with Crippen LogP contribution in [0.5, 0.6) is 0 Å². The minimum atomic E-state index is -0.702. The molecular formula is C16H19N5O2. The highest BCUT2D eigenvalue weighted by molar-refractivity contribution is 5.70. The van der Waals surface area contributed by atoms with Crippen LogP contribution in [0.1, 0.15) is 18.4 Å². The second-order valence-corrected chi connectivity index (χ2v) is 5.55. The van der Waals surface area contributed by atoms with Gasteiger partial charge in [0.05, 0.1) is 5.92 Å². The third-order valence-electron chi connectivity index (χ3n) is 4.01. The predicted molar refractivity (Wildman–Crippen MR) is 86.2 cm³/mol. The second-order valence-electron chi connectivity index (χ2n) is 5.55. The van der Waals surface area contributed by atoms with E-state index in [4.69, 9.17) is 5.11 Å². The zero-order chi connectivity index (χ0) is 16.1. The molecule has 1 aliphatic heterocycles. The van der Waals surface area contributed by atoms with Crippen molar-refractivity contribution >= 4 is 17.7 Å². The summed E-state index contributed by atoms with van der Waals surface area (Å²) in [5.41, 5.74) is 1.11. The fourth-order valence-electron chi connectivity index (χ4n) is 2.65. The molecule has 0 spiro atoms. The standard InChI is InChI=1S/C16H19N5O2/c22-15(23)13-4-9-21(10-5-13)14-3-8-18-16(20-14)19-11-12-1-6-17-7-2-12/h1-3,6-8,13H,4-5,9-11H2,(H,22,23)(H,18,19,20). The molecule has 1 aliphatic rings. The van der Waals surface area contributed by atoms with Gasteiger partial charge >= 0.3 is 5.97 Å². The summed E-state index contributed by atoms with van der Waals surface area (Å²) in [6.45, 7) is 2.04. The van der Waals surface area contributed by atoms with E-state index >= 15 is 0 Å². The molecule has 2 N–H and O–H groups in total. The Labute approximate surface area is 134 Å². The minimum absolute atomic E-state index is 0.239. The van der Waals surface area contributed by atoms with Gasteiger partial charge in [0, 0.05) is 38.2 Å². The topological polar surface area (TPSA) is 91.2 Å². The first-order valence-corrected chi connectivity index (χ1v) is 7.66. The lowest BCUT2D eigenvalue weighted by atomic mass is 9.97. The number of carbonyl (C=O) groups is 1. The number of carboxylic acids is 1. The van der Waals surface area contributed by atoms with Gasteiger partial charge in [0.25, 0.3) is 0 Å². The maximum absolute atomic E-state index is 11.0. The van der Waals surface area contributed by atoms with Crippen LogP contribution in [0, 0.1) is 5.92 Å². The highest BCUT2D eigenvalue weighted by Gasteiger charge is 2.25. The number of rotatable bonds is 5. The highest BCUT2D eigenvalue weighted by Crippen LogP contribution is 2.22. The molecule has 0 atom stereocenters. The lowest BCUT2D eigenvalue weighted by molar-refractivity contribution is -0.142. The maximum atomic E-state index is 11.0. The molecule has 0 aliphatic carbocycles. The van der Waals surface area contributed by atoms with Crippen molar-refractivity contribution < 1.29 is 9.90 Å². The molecule has 1 saturated heterocycles. The summed E-state index contributed by atoms with van der Waals surface area (Å²) in [6.07, 6.45) is 6.53. The average molecular weight is 313 g/mol. The fraction of sp³-hybridized carbons (Fsp3) is 0.375. The minimum Gasteiger partial charge on any atom is -0.481 e. The summed E-state index contributed by atoms with van der Waals surface area (Å²) in [5.74, 6) is 0.463. The summed E-state index contributed by atoms with van der Waals surface area (Å²) in [7, 11) is 0. The van der Waals surface area contributed by atoms with E-state index in [9.17, 15) is 4.79 Å². The molecule has 3 rings (SSSR count). The molecule has 0 radical (unpaired) electrons. The van der Waals surface area contributed by atoms with Gasteiger partial charge in [0.1, 0.15) is 5.82 Å². The van der Waals surface area contributed by atoms with E-state index < -0.39 is 5.97 Å². The van der Waals surface area contributed by atoms with E-state index in [0.717, 1.165) is 11.4 Å². The molecule has 2 aromatic rings. The third kappa shape index (κ3) is 3.94. The number of pyridine rings is 1. The van der Waals surface area contributed by atoms with Crippen LogP contribution in [0.25, 0.3) is 0 Å². The number of hydrogen-bond acceptors (Lipinski definition) is 6. The molecule has 0 unspecified atom stereocenters. The number of nitrogens with zero attached hydrogens (tertiary/aromatic N) is 4. The fourth-order valence-corrected chi connectivity index (χ4v) is 2.65. The molecule has 0 bridgehead atoms. The number of anilines is 2. The number of piperidine rings is 1. The number of nitrogens with one attached hydrogen (secondary N) is 1. The van der Waals surface area contributed by atoms with Crippen LogP contribution in [-0.4, -0.2) is 39.1 Å². The van der Waals surface area contributed by atoms with Gasteiger partial charge in [-0.2, -0.15) is 4.98 Å². The Kier molecular flexibility index (Phi) is 4.65. The van der Waals surface area contributed by atoms with E-state index in [1.165, 1.54) is 0 Å². The zero-order valence-corrected chi connectivity index (χ0v) is 12.7. The van der Waals surface area contributed by atoms with Crippen molar-refractivity contribution in [3.05, 3.63) is 42.4 Å². The molecule has 2 aromatic heterocycles. The average Bonchev–Trinajstić information content (AvgIpc) is 2.61. The lowest BCUT2D eigenvalue weighted by Gasteiger charge is -2.31. The first kappa shape index (κ1) is 15.2. The van der Waals surface area contributed by atoms with Crippen LogP contribution in [0.3, 0.4) is 0 Å². The van der Waals surface area contributed by atoms with Crippen molar-refractivity contribution in [1.82, 2.24) is 15.0 Å². The molecule has 0 aromatic carbocycles. The first-order valence-electron chi connectivity index (χ1n) is 7.66. The van der Waals surface area contributed by atoms with Gasteiger partial charge in [-0.05, 0) is 36.6 Å². The molecule has 7 nitrogen and oxygen atoms in total. The number of aliphatic carboxylic acids is 1. The molecule has 120 valence electrons. The zero-order valence-electron chi connectivity index (χ0n) is 12.7. The monoisotopic (exact) mass is 313 g/mol. The normalized spacial score (nSPS) is 15.4. The molecule has 3 heterocycles. The number of carboxylic acid groups (broad SMARTS) is 1. The highest BCUT2D eigenvalue weighted by atomic mass is 16.4. The van der Waals surface area contributed by atoms with Gasteiger partial charge in [-0.15, -0.1) is 0 Å². The van der Waals surface area contributed by atoms with E-state index in [-0.39, 0.29) is 5.92 Å². The summed E-state index contributed by atoms with van der Waals surface area (Å²) in [5, 5.41) is 12.3. The smallest absolute Gasteiger partial charge is 0.306 e. The molecule has 0 saturated carbocycles. The SMILES string of the molecule is O=C(O)C1CCN(c2ccnc(NCc3ccncc3)n2)CC1. The van der Waals surface area contributed by atoms with E-state index in [1.54, 1.807) is 18.6 Å². The molecule has 0 amide bonds. The number of hydrogen-bond donors (Lipinski definition) is 2. The quantitative estimate of drug-likeness (QED) is 0.869. The third-order valence-corrected chi connectivity index (χ3v) is 4.01. The van der Waals surface area contributed by atoms with Gasteiger partial charge < -0.3 is 15.3 Å². The van der Waals surface area contributed by atoms with Gasteiger partial charge in [-0.3, -0.25) is 9.78 Å². The Morgan fingerprint density at radius 3 is 2.65 bits per heavy atom. The van der Waals surface area contributed by atoms with Gasteiger partial charge in [0.15, 0.2) is 0 Å². The lowest BCUT2D eigenvalue weighted by Crippen LogP contribution is -2.36. The van der Waals surface area contributed by atoms with Crippen molar-refractivity contribution in [2.24, 2.45) is 5.92 Å². The Balaban J connectivity index is 1.60. The van der Waals surface area contributed by atoms with Crippen LogP contribution < -0.4 is 10.2 Å². The van der Waals surface area contributed by atoms with Gasteiger partial charge in [-0.25, -0.2) is 4.98 Å². The van der Waals surface area contributed by atoms with Crippen molar-refractivity contribution in [2.45, 2.75) is 19.4 Å². The van der Waals surface area contributed by atoms with Crippen molar-refractivity contribution in [3.8, 4) is 0 Å². The van der Waals surface area contributed by atoms with E-state index in [0.29, 0.717) is 38.4 Å². The predicted octanol–water partition coefficient (Wildman–Crippen LogP) is 1.78. The second kappa shape index (κ2) is 7.04. The van der Waals surface area contributed by atoms with Crippen LogP contribution in [-0.2, 0) is 11.3 Å². The summed E-state index contributed by atoms with van der Waals surface area (Å²) < 4.78 is 0. The molecule has 23 heavy (non-hydrogen) atoms. The van der Waals surface area contributed by atoms with Crippen LogP contribution >= 0.6 is 0 Å². The summed E-state index contributed by atoms with van der Waals surface area (Å²) in [6, 6.07) is 5.74. The Morgan fingerprint density at radius 1 is 1.22 bits per heavy atom. The van der Waals surface area contributed by atoms with Crippen LogP contribution in [0.4, 0.5) is 11.8 Å². The van der Waals surface area contributed by atoms with Crippen molar-refractivity contribution in [1.29, 1.82) is 0 Å². The van der Waals surface area contributed by atoms with E-state index in [2.05, 4.69) is 25.2 Å². The van der Waals surface area contributed by atoms with Crippen molar-refractivity contribution in [2.75, 3.05) is 23.3 Å². The molecular weight excluding hydrogens is 294 g/mol. The molecule has 1 fully saturated rings. The largest absolute Gasteiger partial charge is 0.481 e.